The van der Waals surface area contributed by atoms with Crippen LogP contribution in [0.15, 0.2) is 70.2 Å². The lowest BCUT2D eigenvalue weighted by Crippen LogP contribution is -2.40. The summed E-state index contributed by atoms with van der Waals surface area (Å²) in [6, 6.07) is 15.2. The normalized spacial score (nSPS) is 14.7. The molecule has 36 heavy (non-hydrogen) atoms. The second kappa shape index (κ2) is 10.4. The molecule has 0 unspecified atom stereocenters. The predicted molar refractivity (Wildman–Crippen MR) is 136 cm³/mol. The second-order valence-electron chi connectivity index (χ2n) is 8.07. The number of carbonyl (C=O) groups excluding carboxylic acids is 1. The molecule has 1 aliphatic heterocycles. The number of aromatic nitrogens is 1. The zero-order valence-electron chi connectivity index (χ0n) is 19.6. The number of hydrogen-bond acceptors (Lipinski definition) is 8. The number of nitrogens with zero attached hydrogens (tertiary/aromatic N) is 3. The number of benzene rings is 2. The number of furan rings is 1. The van der Waals surface area contributed by atoms with Crippen molar-refractivity contribution in [3.05, 3.63) is 72.2 Å². The first-order valence-electron chi connectivity index (χ1n) is 11.5. The third-order valence-corrected chi connectivity index (χ3v) is 8.69. The Balaban J connectivity index is 1.45. The molecule has 2 aromatic heterocycles. The lowest BCUT2D eigenvalue weighted by atomic mass is 10.2. The van der Waals surface area contributed by atoms with Crippen LogP contribution in [0.5, 0.6) is 5.75 Å². The molecule has 0 saturated carbocycles. The van der Waals surface area contributed by atoms with Crippen LogP contribution in [-0.2, 0) is 21.3 Å². The SMILES string of the molecule is CCOc1ccc2nc(N(Cc3ccco3)C(=O)c3ccc(S(=O)(=O)N4CCOCC4)cc3)sc2c1. The molecule has 3 heterocycles. The van der Waals surface area contributed by atoms with Crippen molar-refractivity contribution < 1.29 is 27.1 Å². The number of sulfonamides is 1. The molecular formula is C25H25N3O6S2. The summed E-state index contributed by atoms with van der Waals surface area (Å²) in [7, 11) is -3.65. The van der Waals surface area contributed by atoms with Gasteiger partial charge in [0.2, 0.25) is 10.0 Å². The van der Waals surface area contributed by atoms with E-state index in [4.69, 9.17) is 13.9 Å². The zero-order valence-corrected chi connectivity index (χ0v) is 21.3. The van der Waals surface area contributed by atoms with Crippen molar-refractivity contribution in [3.63, 3.8) is 0 Å². The molecule has 1 amide bonds. The summed E-state index contributed by atoms with van der Waals surface area (Å²) in [4.78, 5) is 20.0. The number of ether oxygens (including phenoxy) is 2. The van der Waals surface area contributed by atoms with Crippen LogP contribution in [0.25, 0.3) is 10.2 Å². The highest BCUT2D eigenvalue weighted by molar-refractivity contribution is 7.89. The smallest absolute Gasteiger partial charge is 0.260 e. The summed E-state index contributed by atoms with van der Waals surface area (Å²) in [5.74, 6) is 1.02. The average Bonchev–Trinajstić information content (AvgIpc) is 3.57. The maximum Gasteiger partial charge on any atom is 0.260 e. The third kappa shape index (κ3) is 5.00. The Labute approximate surface area is 212 Å². The van der Waals surface area contributed by atoms with E-state index in [0.717, 1.165) is 16.0 Å². The topological polar surface area (TPSA) is 102 Å². The van der Waals surface area contributed by atoms with Crippen molar-refractivity contribution in [2.24, 2.45) is 0 Å². The number of rotatable bonds is 8. The predicted octanol–water partition coefficient (Wildman–Crippen LogP) is 4.16. The van der Waals surface area contributed by atoms with E-state index in [2.05, 4.69) is 4.98 Å². The van der Waals surface area contributed by atoms with Gasteiger partial charge in [0.15, 0.2) is 5.13 Å². The van der Waals surface area contributed by atoms with E-state index in [1.807, 2.05) is 25.1 Å². The Morgan fingerprint density at radius 2 is 1.92 bits per heavy atom. The van der Waals surface area contributed by atoms with E-state index in [1.54, 1.807) is 18.4 Å². The number of thiazole rings is 1. The molecule has 0 radical (unpaired) electrons. The van der Waals surface area contributed by atoms with E-state index in [9.17, 15) is 13.2 Å². The highest BCUT2D eigenvalue weighted by Crippen LogP contribution is 2.33. The quantitative estimate of drug-likeness (QED) is 0.339. The maximum absolute atomic E-state index is 13.6. The lowest BCUT2D eigenvalue weighted by Gasteiger charge is -2.26. The van der Waals surface area contributed by atoms with Gasteiger partial charge in [-0.1, -0.05) is 11.3 Å². The van der Waals surface area contributed by atoms with Crippen molar-refractivity contribution in [3.8, 4) is 5.75 Å². The van der Waals surface area contributed by atoms with Crippen LogP contribution < -0.4 is 9.64 Å². The Kier molecular flexibility index (Phi) is 7.06. The second-order valence-corrected chi connectivity index (χ2v) is 11.0. The van der Waals surface area contributed by atoms with Gasteiger partial charge in [0.25, 0.3) is 5.91 Å². The third-order valence-electron chi connectivity index (χ3n) is 5.74. The summed E-state index contributed by atoms with van der Waals surface area (Å²) in [6.45, 7) is 4.00. The zero-order chi connectivity index (χ0) is 25.1. The number of amides is 1. The van der Waals surface area contributed by atoms with Crippen molar-refractivity contribution in [2.45, 2.75) is 18.4 Å². The number of anilines is 1. The van der Waals surface area contributed by atoms with Gasteiger partial charge in [-0.3, -0.25) is 9.69 Å². The molecule has 0 atom stereocenters. The van der Waals surface area contributed by atoms with Gasteiger partial charge in [0.05, 0.1) is 47.7 Å². The molecule has 0 N–H and O–H groups in total. The molecule has 11 heteroatoms. The van der Waals surface area contributed by atoms with Gasteiger partial charge in [-0.15, -0.1) is 0 Å². The summed E-state index contributed by atoms with van der Waals surface area (Å²) in [5, 5.41) is 0.505. The fourth-order valence-electron chi connectivity index (χ4n) is 3.91. The summed E-state index contributed by atoms with van der Waals surface area (Å²) in [5.41, 5.74) is 1.10. The minimum absolute atomic E-state index is 0.141. The number of hydrogen-bond donors (Lipinski definition) is 0. The lowest BCUT2D eigenvalue weighted by molar-refractivity contribution is 0.0730. The summed E-state index contributed by atoms with van der Waals surface area (Å²) >= 11 is 1.37. The molecule has 0 aliphatic carbocycles. The fraction of sp³-hybridized carbons (Fsp3) is 0.280. The highest BCUT2D eigenvalue weighted by atomic mass is 32.2. The van der Waals surface area contributed by atoms with Gasteiger partial charge in [-0.25, -0.2) is 13.4 Å². The van der Waals surface area contributed by atoms with E-state index < -0.39 is 10.0 Å². The molecule has 9 nitrogen and oxygen atoms in total. The van der Waals surface area contributed by atoms with Crippen LogP contribution in [0.3, 0.4) is 0 Å². The van der Waals surface area contributed by atoms with Crippen molar-refractivity contribution in [1.29, 1.82) is 0 Å². The van der Waals surface area contributed by atoms with Crippen LogP contribution in [0.2, 0.25) is 0 Å². The Morgan fingerprint density at radius 1 is 1.14 bits per heavy atom. The molecule has 1 fully saturated rings. The van der Waals surface area contributed by atoms with Gasteiger partial charge >= 0.3 is 0 Å². The van der Waals surface area contributed by atoms with Crippen LogP contribution in [-0.4, -0.2) is 56.5 Å². The number of morpholine rings is 1. The molecule has 0 bridgehead atoms. The number of carbonyl (C=O) groups is 1. The van der Waals surface area contributed by atoms with E-state index in [0.29, 0.717) is 49.4 Å². The van der Waals surface area contributed by atoms with Crippen LogP contribution in [0.4, 0.5) is 5.13 Å². The first-order valence-corrected chi connectivity index (χ1v) is 13.8. The van der Waals surface area contributed by atoms with Gasteiger partial charge in [0, 0.05) is 18.7 Å². The van der Waals surface area contributed by atoms with Gasteiger partial charge in [0.1, 0.15) is 11.5 Å². The molecule has 0 spiro atoms. The standard InChI is InChI=1S/C25H25N3O6S2/c1-2-33-19-7-10-22-23(16-19)35-25(26-22)28(17-20-4-3-13-34-20)24(29)18-5-8-21(9-6-18)36(30,31)27-11-14-32-15-12-27/h3-10,13,16H,2,11-12,14-15,17H2,1H3. The largest absolute Gasteiger partial charge is 0.494 e. The average molecular weight is 528 g/mol. The van der Waals surface area contributed by atoms with Crippen LogP contribution >= 0.6 is 11.3 Å². The minimum atomic E-state index is -3.65. The van der Waals surface area contributed by atoms with Gasteiger partial charge < -0.3 is 13.9 Å². The van der Waals surface area contributed by atoms with Crippen LogP contribution in [0.1, 0.15) is 23.0 Å². The van der Waals surface area contributed by atoms with E-state index in [1.165, 1.54) is 44.8 Å². The van der Waals surface area contributed by atoms with Gasteiger partial charge in [-0.05, 0) is 61.5 Å². The van der Waals surface area contributed by atoms with Crippen molar-refractivity contribution >= 4 is 42.6 Å². The van der Waals surface area contributed by atoms with Crippen molar-refractivity contribution in [2.75, 3.05) is 37.8 Å². The molecule has 2 aromatic carbocycles. The highest BCUT2D eigenvalue weighted by Gasteiger charge is 2.27. The Morgan fingerprint density at radius 3 is 2.61 bits per heavy atom. The number of fused-ring (bicyclic) bond motifs is 1. The summed E-state index contributed by atoms with van der Waals surface area (Å²) in [6.07, 6.45) is 1.55. The fourth-order valence-corrected chi connectivity index (χ4v) is 6.31. The van der Waals surface area contributed by atoms with E-state index >= 15 is 0 Å². The molecular weight excluding hydrogens is 502 g/mol. The molecule has 1 aliphatic rings. The molecule has 5 rings (SSSR count). The minimum Gasteiger partial charge on any atom is -0.494 e. The maximum atomic E-state index is 13.6. The van der Waals surface area contributed by atoms with Crippen molar-refractivity contribution in [1.82, 2.24) is 9.29 Å². The monoisotopic (exact) mass is 527 g/mol. The van der Waals surface area contributed by atoms with E-state index in [-0.39, 0.29) is 17.3 Å². The molecule has 1 saturated heterocycles. The summed E-state index contributed by atoms with van der Waals surface area (Å²) < 4.78 is 44.5. The Bertz CT molecular complexity index is 1440. The van der Waals surface area contributed by atoms with Gasteiger partial charge in [-0.2, -0.15) is 4.31 Å². The first kappa shape index (κ1) is 24.4. The molecule has 188 valence electrons. The first-order chi connectivity index (χ1) is 17.5. The Hall–Kier alpha value is -3.25. The molecule has 4 aromatic rings. The van der Waals surface area contributed by atoms with Crippen LogP contribution in [0, 0.1) is 0 Å².